The summed E-state index contributed by atoms with van der Waals surface area (Å²) in [6.07, 6.45) is 0.679. The Morgan fingerprint density at radius 1 is 1.43 bits per heavy atom. The van der Waals surface area contributed by atoms with Crippen molar-refractivity contribution in [3.8, 4) is 11.4 Å². The molecule has 1 amide bonds. The molecule has 21 heavy (non-hydrogen) atoms. The first-order chi connectivity index (χ1) is 9.99. The maximum atomic E-state index is 11.6. The Bertz CT molecular complexity index is 707. The molecule has 6 nitrogen and oxygen atoms in total. The average molecular weight is 286 g/mol. The zero-order valence-electron chi connectivity index (χ0n) is 12.0. The van der Waals surface area contributed by atoms with Gasteiger partial charge in [0, 0.05) is 23.0 Å². The van der Waals surface area contributed by atoms with E-state index in [0.717, 1.165) is 11.3 Å². The number of nitrogens with two attached hydrogens (primary N) is 1. The maximum absolute atomic E-state index is 11.6. The van der Waals surface area contributed by atoms with Gasteiger partial charge < -0.3 is 16.0 Å². The second-order valence-corrected chi connectivity index (χ2v) is 4.80. The summed E-state index contributed by atoms with van der Waals surface area (Å²) in [5, 5.41) is 2.71. The summed E-state index contributed by atoms with van der Waals surface area (Å²) in [6, 6.07) is 7.99. The Kier molecular flexibility index (Phi) is 4.49. The highest BCUT2D eigenvalue weighted by atomic mass is 16.2. The molecule has 1 aromatic carbocycles. The number of benzene rings is 1. The zero-order valence-corrected chi connectivity index (χ0v) is 12.0. The normalized spacial score (nSPS) is 12.0. The van der Waals surface area contributed by atoms with Gasteiger partial charge in [-0.3, -0.25) is 9.59 Å². The molecule has 1 atom stereocenters. The molecule has 2 rings (SSSR count). The van der Waals surface area contributed by atoms with Crippen LogP contribution in [-0.2, 0) is 11.2 Å². The number of H-pyrrole nitrogens is 1. The van der Waals surface area contributed by atoms with E-state index in [0.29, 0.717) is 17.9 Å². The molecule has 0 saturated heterocycles. The first-order valence-electron chi connectivity index (χ1n) is 6.76. The van der Waals surface area contributed by atoms with Crippen molar-refractivity contribution in [3.63, 3.8) is 0 Å². The summed E-state index contributed by atoms with van der Waals surface area (Å²) in [5.74, 6) is 0.215. The molecule has 1 aromatic heterocycles. The fraction of sp³-hybridized carbons (Fsp3) is 0.267. The third-order valence-electron chi connectivity index (χ3n) is 2.97. The lowest BCUT2D eigenvalue weighted by atomic mass is 10.1. The lowest BCUT2D eigenvalue weighted by Crippen LogP contribution is -2.32. The Labute approximate surface area is 122 Å². The van der Waals surface area contributed by atoms with Gasteiger partial charge in [-0.2, -0.15) is 0 Å². The number of amides is 1. The van der Waals surface area contributed by atoms with E-state index < -0.39 is 6.04 Å². The lowest BCUT2D eigenvalue weighted by molar-refractivity contribution is -0.117. The zero-order chi connectivity index (χ0) is 15.4. The Balaban J connectivity index is 2.35. The molecule has 0 aliphatic rings. The van der Waals surface area contributed by atoms with Crippen molar-refractivity contribution >= 4 is 11.6 Å². The standard InChI is InChI=1S/C15H18N4O2/c1-3-11-8-13(20)19-14(17-11)10-5-4-6-12(7-10)18-15(21)9(2)16/h4-9H,3,16H2,1-2H3,(H,18,21)(H,17,19,20)/t9-/m0/s1. The molecule has 0 unspecified atom stereocenters. The molecule has 110 valence electrons. The molecule has 0 saturated carbocycles. The van der Waals surface area contributed by atoms with E-state index >= 15 is 0 Å². The minimum atomic E-state index is -0.588. The summed E-state index contributed by atoms with van der Waals surface area (Å²) in [6.45, 7) is 3.55. The SMILES string of the molecule is CCc1cc(=O)[nH]c(-c2cccc(NC(=O)[C@H](C)N)c2)n1. The van der Waals surface area contributed by atoms with Gasteiger partial charge in [-0.05, 0) is 25.5 Å². The third kappa shape index (κ3) is 3.76. The van der Waals surface area contributed by atoms with E-state index in [2.05, 4.69) is 15.3 Å². The first kappa shape index (κ1) is 14.9. The van der Waals surface area contributed by atoms with Gasteiger partial charge in [0.1, 0.15) is 5.82 Å². The van der Waals surface area contributed by atoms with Crippen LogP contribution in [0.4, 0.5) is 5.69 Å². The van der Waals surface area contributed by atoms with Crippen molar-refractivity contribution < 1.29 is 4.79 Å². The van der Waals surface area contributed by atoms with E-state index in [1.165, 1.54) is 6.07 Å². The highest BCUT2D eigenvalue weighted by molar-refractivity contribution is 5.94. The van der Waals surface area contributed by atoms with Crippen molar-refractivity contribution in [2.24, 2.45) is 5.73 Å². The summed E-state index contributed by atoms with van der Waals surface area (Å²) in [5.41, 5.74) is 7.38. The lowest BCUT2D eigenvalue weighted by Gasteiger charge is -2.09. The Hall–Kier alpha value is -2.47. The second-order valence-electron chi connectivity index (χ2n) is 4.80. The number of anilines is 1. The van der Waals surface area contributed by atoms with E-state index in [4.69, 9.17) is 5.73 Å². The van der Waals surface area contributed by atoms with Crippen LogP contribution < -0.4 is 16.6 Å². The van der Waals surface area contributed by atoms with Crippen molar-refractivity contribution in [1.29, 1.82) is 0 Å². The van der Waals surface area contributed by atoms with Crippen LogP contribution >= 0.6 is 0 Å². The number of rotatable bonds is 4. The average Bonchev–Trinajstić information content (AvgIpc) is 2.46. The number of carbonyl (C=O) groups excluding carboxylic acids is 1. The molecule has 6 heteroatoms. The maximum Gasteiger partial charge on any atom is 0.251 e. The first-order valence-corrected chi connectivity index (χ1v) is 6.76. The smallest absolute Gasteiger partial charge is 0.251 e. The molecule has 0 radical (unpaired) electrons. The fourth-order valence-electron chi connectivity index (χ4n) is 1.83. The monoisotopic (exact) mass is 286 g/mol. The number of aromatic amines is 1. The topological polar surface area (TPSA) is 101 Å². The quantitative estimate of drug-likeness (QED) is 0.788. The summed E-state index contributed by atoms with van der Waals surface area (Å²) < 4.78 is 0. The molecule has 2 aromatic rings. The van der Waals surface area contributed by atoms with Crippen molar-refractivity contribution in [2.45, 2.75) is 26.3 Å². The van der Waals surface area contributed by atoms with E-state index in [1.54, 1.807) is 25.1 Å². The van der Waals surface area contributed by atoms with Crippen LogP contribution in [0.2, 0.25) is 0 Å². The molecule has 4 N–H and O–H groups in total. The molecular weight excluding hydrogens is 268 g/mol. The van der Waals surface area contributed by atoms with E-state index in [9.17, 15) is 9.59 Å². The van der Waals surface area contributed by atoms with Crippen LogP contribution in [0.1, 0.15) is 19.5 Å². The largest absolute Gasteiger partial charge is 0.325 e. The number of carbonyl (C=O) groups is 1. The number of aryl methyl sites for hydroxylation is 1. The van der Waals surface area contributed by atoms with Crippen LogP contribution in [0.25, 0.3) is 11.4 Å². The number of aromatic nitrogens is 2. The number of nitrogens with one attached hydrogen (secondary N) is 2. The molecule has 0 fully saturated rings. The summed E-state index contributed by atoms with van der Waals surface area (Å²) in [4.78, 5) is 30.3. The molecule has 1 heterocycles. The highest BCUT2D eigenvalue weighted by Crippen LogP contribution is 2.19. The highest BCUT2D eigenvalue weighted by Gasteiger charge is 2.09. The van der Waals surface area contributed by atoms with Crippen molar-refractivity contribution in [2.75, 3.05) is 5.32 Å². The van der Waals surface area contributed by atoms with Gasteiger partial charge in [-0.1, -0.05) is 19.1 Å². The van der Waals surface area contributed by atoms with Crippen LogP contribution in [0, 0.1) is 0 Å². The Morgan fingerprint density at radius 3 is 2.86 bits per heavy atom. The van der Waals surface area contributed by atoms with Gasteiger partial charge in [-0.25, -0.2) is 4.98 Å². The fourth-order valence-corrected chi connectivity index (χ4v) is 1.83. The van der Waals surface area contributed by atoms with E-state index in [1.807, 2.05) is 13.0 Å². The second kappa shape index (κ2) is 6.32. The third-order valence-corrected chi connectivity index (χ3v) is 2.97. The molecule has 0 aliphatic carbocycles. The number of nitrogens with zero attached hydrogens (tertiary/aromatic N) is 1. The van der Waals surface area contributed by atoms with Gasteiger partial charge in [0.05, 0.1) is 6.04 Å². The van der Waals surface area contributed by atoms with Crippen LogP contribution in [0.5, 0.6) is 0 Å². The van der Waals surface area contributed by atoms with Gasteiger partial charge in [0.25, 0.3) is 5.56 Å². The number of hydrogen-bond donors (Lipinski definition) is 3. The molecule has 0 aliphatic heterocycles. The van der Waals surface area contributed by atoms with Crippen LogP contribution in [0.3, 0.4) is 0 Å². The predicted molar refractivity (Wildman–Crippen MR) is 82.0 cm³/mol. The van der Waals surface area contributed by atoms with Gasteiger partial charge in [0.15, 0.2) is 0 Å². The van der Waals surface area contributed by atoms with Crippen molar-refractivity contribution in [3.05, 3.63) is 46.4 Å². The molecule has 0 bridgehead atoms. The van der Waals surface area contributed by atoms with Crippen LogP contribution in [-0.4, -0.2) is 21.9 Å². The van der Waals surface area contributed by atoms with Gasteiger partial charge in [-0.15, -0.1) is 0 Å². The molecule has 0 spiro atoms. The summed E-state index contributed by atoms with van der Waals surface area (Å²) in [7, 11) is 0. The molecular formula is C15H18N4O2. The van der Waals surface area contributed by atoms with Crippen LogP contribution in [0.15, 0.2) is 35.1 Å². The van der Waals surface area contributed by atoms with Gasteiger partial charge >= 0.3 is 0 Å². The Morgan fingerprint density at radius 2 is 2.19 bits per heavy atom. The van der Waals surface area contributed by atoms with Gasteiger partial charge in [0.2, 0.25) is 5.91 Å². The van der Waals surface area contributed by atoms with Crippen molar-refractivity contribution in [1.82, 2.24) is 9.97 Å². The minimum Gasteiger partial charge on any atom is -0.325 e. The predicted octanol–water partition coefficient (Wildman–Crippen LogP) is 1.28. The van der Waals surface area contributed by atoms with E-state index in [-0.39, 0.29) is 11.5 Å². The minimum absolute atomic E-state index is 0.193. The number of hydrogen-bond acceptors (Lipinski definition) is 4. The summed E-state index contributed by atoms with van der Waals surface area (Å²) >= 11 is 0.